The topological polar surface area (TPSA) is 114 Å². The largest absolute Gasteiger partial charge is 0.484 e. The molecule has 2 N–H and O–H groups in total. The van der Waals surface area contributed by atoms with E-state index in [9.17, 15) is 19.2 Å². The lowest BCUT2D eigenvalue weighted by atomic mass is 10.1. The fraction of sp³-hybridized carbons (Fsp3) is 0.304. The first-order valence-corrected chi connectivity index (χ1v) is 10.8. The highest BCUT2D eigenvalue weighted by molar-refractivity contribution is 6.30. The molecule has 1 heterocycles. The summed E-state index contributed by atoms with van der Waals surface area (Å²) in [6.45, 7) is 1.26. The first kappa shape index (κ1) is 24.1. The van der Waals surface area contributed by atoms with E-state index in [0.717, 1.165) is 17.7 Å². The van der Waals surface area contributed by atoms with Crippen LogP contribution < -0.4 is 20.5 Å². The molecule has 1 saturated heterocycles. The maximum Gasteiger partial charge on any atom is 0.311 e. The number of amides is 3. The summed E-state index contributed by atoms with van der Waals surface area (Å²) in [5, 5.41) is 0.536. The van der Waals surface area contributed by atoms with Crippen LogP contribution in [0.1, 0.15) is 18.9 Å². The summed E-state index contributed by atoms with van der Waals surface area (Å²) in [6.07, 6.45) is 0.767. The fourth-order valence-corrected chi connectivity index (χ4v) is 3.44. The summed E-state index contributed by atoms with van der Waals surface area (Å²) in [4.78, 5) is 50.0. The first-order chi connectivity index (χ1) is 15.9. The van der Waals surface area contributed by atoms with Crippen LogP contribution in [-0.4, -0.2) is 43.4 Å². The number of nitrogens with one attached hydrogen (secondary N) is 2. The zero-order valence-corrected chi connectivity index (χ0v) is 18.8. The first-order valence-electron chi connectivity index (χ1n) is 10.4. The number of anilines is 1. The van der Waals surface area contributed by atoms with Crippen LogP contribution >= 0.6 is 11.6 Å². The molecule has 0 aromatic heterocycles. The number of ether oxygens (including phenoxy) is 2. The average Bonchev–Trinajstić information content (AvgIpc) is 3.22. The van der Waals surface area contributed by atoms with Gasteiger partial charge < -0.3 is 14.4 Å². The maximum absolute atomic E-state index is 12.4. The average molecular weight is 474 g/mol. The molecule has 174 valence electrons. The Morgan fingerprint density at radius 3 is 2.39 bits per heavy atom. The normalized spacial score (nSPS) is 15.2. The van der Waals surface area contributed by atoms with Crippen molar-refractivity contribution in [2.75, 3.05) is 24.7 Å². The van der Waals surface area contributed by atoms with Crippen LogP contribution in [0.5, 0.6) is 5.75 Å². The molecule has 1 aliphatic rings. The highest BCUT2D eigenvalue weighted by atomic mass is 35.5. The van der Waals surface area contributed by atoms with Crippen LogP contribution in [0.15, 0.2) is 48.5 Å². The van der Waals surface area contributed by atoms with Crippen molar-refractivity contribution < 1.29 is 28.7 Å². The van der Waals surface area contributed by atoms with Crippen molar-refractivity contribution in [1.29, 1.82) is 0 Å². The molecule has 2 aromatic rings. The highest BCUT2D eigenvalue weighted by Crippen LogP contribution is 2.29. The second-order valence-corrected chi connectivity index (χ2v) is 7.77. The summed E-state index contributed by atoms with van der Waals surface area (Å²) in [6, 6.07) is 14.0. The molecule has 9 nitrogen and oxygen atoms in total. The predicted octanol–water partition coefficient (Wildman–Crippen LogP) is 2.02. The maximum atomic E-state index is 12.4. The second kappa shape index (κ2) is 11.3. The third-order valence-corrected chi connectivity index (χ3v) is 5.24. The van der Waals surface area contributed by atoms with E-state index >= 15 is 0 Å². The Bertz CT molecular complexity index is 1030. The van der Waals surface area contributed by atoms with Crippen molar-refractivity contribution in [3.05, 3.63) is 59.1 Å². The number of rotatable bonds is 8. The SMILES string of the molecule is CCc1ccccc1N1CC(C(=O)OCC(=O)NNC(=O)COc2ccc(Cl)cc2)CC1=O. The van der Waals surface area contributed by atoms with E-state index in [4.69, 9.17) is 21.1 Å². The van der Waals surface area contributed by atoms with Gasteiger partial charge in [-0.05, 0) is 42.3 Å². The smallest absolute Gasteiger partial charge is 0.311 e. The third kappa shape index (κ3) is 6.69. The number of para-hydroxylation sites is 1. The fourth-order valence-electron chi connectivity index (χ4n) is 3.32. The lowest BCUT2D eigenvalue weighted by Gasteiger charge is -2.19. The van der Waals surface area contributed by atoms with Gasteiger partial charge in [-0.25, -0.2) is 0 Å². The van der Waals surface area contributed by atoms with Gasteiger partial charge in [-0.15, -0.1) is 0 Å². The van der Waals surface area contributed by atoms with Crippen molar-refractivity contribution in [1.82, 2.24) is 10.9 Å². The van der Waals surface area contributed by atoms with Crippen LogP contribution in [0.3, 0.4) is 0 Å². The molecule has 3 amide bonds. The molecule has 0 saturated carbocycles. The lowest BCUT2D eigenvalue weighted by Crippen LogP contribution is -2.45. The van der Waals surface area contributed by atoms with Gasteiger partial charge in [0.05, 0.1) is 5.92 Å². The van der Waals surface area contributed by atoms with E-state index in [0.29, 0.717) is 10.8 Å². The summed E-state index contributed by atoms with van der Waals surface area (Å²) >= 11 is 5.77. The highest BCUT2D eigenvalue weighted by Gasteiger charge is 2.37. The summed E-state index contributed by atoms with van der Waals surface area (Å²) in [5.74, 6) is -2.37. The number of esters is 1. The van der Waals surface area contributed by atoms with Gasteiger partial charge in [-0.2, -0.15) is 0 Å². The van der Waals surface area contributed by atoms with E-state index in [1.807, 2.05) is 31.2 Å². The van der Waals surface area contributed by atoms with Gasteiger partial charge in [0.2, 0.25) is 5.91 Å². The predicted molar refractivity (Wildman–Crippen MR) is 120 cm³/mol. The molecule has 0 radical (unpaired) electrons. The van der Waals surface area contributed by atoms with Crippen LogP contribution in [0.4, 0.5) is 5.69 Å². The molecule has 0 spiro atoms. The molecule has 0 aliphatic carbocycles. The summed E-state index contributed by atoms with van der Waals surface area (Å²) < 4.78 is 10.3. The van der Waals surface area contributed by atoms with E-state index in [1.54, 1.807) is 29.2 Å². The van der Waals surface area contributed by atoms with Gasteiger partial charge in [-0.3, -0.25) is 30.0 Å². The molecule has 10 heteroatoms. The van der Waals surface area contributed by atoms with Crippen molar-refractivity contribution in [3.8, 4) is 5.75 Å². The molecule has 33 heavy (non-hydrogen) atoms. The van der Waals surface area contributed by atoms with Gasteiger partial charge in [0.25, 0.3) is 11.8 Å². The molecule has 1 atom stereocenters. The van der Waals surface area contributed by atoms with Gasteiger partial charge in [0.1, 0.15) is 5.75 Å². The van der Waals surface area contributed by atoms with E-state index in [2.05, 4.69) is 10.9 Å². The molecule has 1 aliphatic heterocycles. The minimum Gasteiger partial charge on any atom is -0.484 e. The van der Waals surface area contributed by atoms with Crippen molar-refractivity contribution in [2.45, 2.75) is 19.8 Å². The number of halogens is 1. The Kier molecular flexibility index (Phi) is 8.26. The monoisotopic (exact) mass is 473 g/mol. The Balaban J connectivity index is 1.39. The van der Waals surface area contributed by atoms with Crippen molar-refractivity contribution in [2.24, 2.45) is 5.92 Å². The van der Waals surface area contributed by atoms with Gasteiger partial charge in [0.15, 0.2) is 13.2 Å². The minimum absolute atomic E-state index is 0.0112. The Labute approximate surface area is 196 Å². The quantitative estimate of drug-likeness (QED) is 0.448. The second-order valence-electron chi connectivity index (χ2n) is 7.33. The Morgan fingerprint density at radius 2 is 1.70 bits per heavy atom. The number of hydrogen-bond donors (Lipinski definition) is 2. The summed E-state index contributed by atoms with van der Waals surface area (Å²) in [5.41, 5.74) is 6.09. The molecular weight excluding hydrogens is 450 g/mol. The third-order valence-electron chi connectivity index (χ3n) is 4.99. The molecule has 0 bridgehead atoms. The number of benzene rings is 2. The van der Waals surface area contributed by atoms with E-state index < -0.39 is 30.3 Å². The number of hydrazine groups is 1. The zero-order valence-electron chi connectivity index (χ0n) is 18.0. The number of carbonyl (C=O) groups excluding carboxylic acids is 4. The summed E-state index contributed by atoms with van der Waals surface area (Å²) in [7, 11) is 0. The van der Waals surface area contributed by atoms with E-state index in [-0.39, 0.29) is 25.5 Å². The van der Waals surface area contributed by atoms with Crippen LogP contribution in [0.25, 0.3) is 0 Å². The Hall–Kier alpha value is -3.59. The van der Waals surface area contributed by atoms with Crippen molar-refractivity contribution in [3.63, 3.8) is 0 Å². The molecule has 1 unspecified atom stereocenters. The van der Waals surface area contributed by atoms with Gasteiger partial charge in [-0.1, -0.05) is 36.7 Å². The molecule has 2 aromatic carbocycles. The number of carbonyl (C=O) groups is 4. The van der Waals surface area contributed by atoms with Crippen LogP contribution in [-0.2, 0) is 30.3 Å². The van der Waals surface area contributed by atoms with Crippen LogP contribution in [0, 0.1) is 5.92 Å². The van der Waals surface area contributed by atoms with Gasteiger partial charge >= 0.3 is 5.97 Å². The van der Waals surface area contributed by atoms with E-state index in [1.165, 1.54) is 0 Å². The zero-order chi connectivity index (χ0) is 23.8. The Morgan fingerprint density at radius 1 is 1.03 bits per heavy atom. The lowest BCUT2D eigenvalue weighted by molar-refractivity contribution is -0.152. The molecule has 1 fully saturated rings. The number of hydrogen-bond acceptors (Lipinski definition) is 6. The van der Waals surface area contributed by atoms with Crippen LogP contribution in [0.2, 0.25) is 5.02 Å². The number of nitrogens with zero attached hydrogens (tertiary/aromatic N) is 1. The minimum atomic E-state index is -0.722. The van der Waals surface area contributed by atoms with Gasteiger partial charge in [0, 0.05) is 23.7 Å². The standard InChI is InChI=1S/C23H24ClN3O6/c1-2-15-5-3-4-6-19(15)27-12-16(11-22(27)30)23(31)33-14-21(29)26-25-20(28)13-32-18-9-7-17(24)8-10-18/h3-10,16H,2,11-14H2,1H3,(H,25,28)(H,26,29). The van der Waals surface area contributed by atoms with Crippen molar-refractivity contribution >= 4 is 41.0 Å². The molecular formula is C23H24ClN3O6. The number of aryl methyl sites for hydroxylation is 1. The molecule has 3 rings (SSSR count).